The Morgan fingerprint density at radius 1 is 1.06 bits per heavy atom. The maximum atomic E-state index is 6.10. The van der Waals surface area contributed by atoms with Gasteiger partial charge in [-0.2, -0.15) is 5.10 Å². The molecule has 1 aromatic carbocycles. The largest absolute Gasteiger partial charge is 0.457 e. The highest BCUT2D eigenvalue weighted by molar-refractivity contribution is 5.92. The zero-order valence-corrected chi connectivity index (χ0v) is 20.7. The highest BCUT2D eigenvalue weighted by atomic mass is 35.5. The zero-order chi connectivity index (χ0) is 23.8. The van der Waals surface area contributed by atoms with Crippen LogP contribution in [0.4, 0.5) is 17.3 Å². The van der Waals surface area contributed by atoms with E-state index in [1.165, 1.54) is 6.33 Å². The maximum Gasteiger partial charge on any atom is 0.158 e. The summed E-state index contributed by atoms with van der Waals surface area (Å²) in [5.41, 5.74) is 3.44. The van der Waals surface area contributed by atoms with E-state index >= 15 is 0 Å². The highest BCUT2D eigenvalue weighted by Gasteiger charge is 2.20. The van der Waals surface area contributed by atoms with E-state index in [4.69, 9.17) is 4.74 Å². The minimum Gasteiger partial charge on any atom is -0.457 e. The third-order valence-corrected chi connectivity index (χ3v) is 6.22. The number of ether oxygens (including phenoxy) is 1. The molecule has 11 heteroatoms. The maximum absolute atomic E-state index is 6.10. The van der Waals surface area contributed by atoms with Crippen LogP contribution in [0, 0.1) is 6.92 Å². The molecule has 5 aromatic rings. The fourth-order valence-corrected chi connectivity index (χ4v) is 4.35. The summed E-state index contributed by atoms with van der Waals surface area (Å²) in [6.45, 7) is 7.02. The van der Waals surface area contributed by atoms with Crippen molar-refractivity contribution in [3.63, 3.8) is 0 Å². The Morgan fingerprint density at radius 2 is 1.97 bits per heavy atom. The van der Waals surface area contributed by atoms with Crippen molar-refractivity contribution in [1.29, 1.82) is 0 Å². The number of hydrogen-bond donors (Lipinski definition) is 2. The van der Waals surface area contributed by atoms with E-state index in [1.54, 1.807) is 10.8 Å². The first-order chi connectivity index (χ1) is 17.1. The fraction of sp³-hybridized carbons (Fsp3) is 0.240. The third-order valence-electron chi connectivity index (χ3n) is 6.22. The number of rotatable bonds is 5. The van der Waals surface area contributed by atoms with Gasteiger partial charge in [-0.3, -0.25) is 0 Å². The van der Waals surface area contributed by atoms with Crippen molar-refractivity contribution in [2.75, 3.05) is 29.9 Å². The summed E-state index contributed by atoms with van der Waals surface area (Å²) < 4.78 is 7.80. The van der Waals surface area contributed by atoms with Crippen LogP contribution < -0.4 is 20.3 Å². The Kier molecular flexibility index (Phi) is 6.53. The summed E-state index contributed by atoms with van der Waals surface area (Å²) >= 11 is 0. The molecule has 0 radical (unpaired) electrons. The molecule has 1 aliphatic heterocycles. The van der Waals surface area contributed by atoms with Crippen LogP contribution in [0.25, 0.3) is 16.6 Å². The van der Waals surface area contributed by atoms with Crippen molar-refractivity contribution in [1.82, 2.24) is 34.9 Å². The lowest BCUT2D eigenvalue weighted by Gasteiger charge is -2.35. The molecular formula is C25H26ClN9O. The molecule has 10 nitrogen and oxygen atoms in total. The van der Waals surface area contributed by atoms with Gasteiger partial charge in [0.2, 0.25) is 0 Å². The molecule has 0 unspecified atom stereocenters. The second kappa shape index (κ2) is 9.92. The van der Waals surface area contributed by atoms with E-state index in [0.717, 1.165) is 64.8 Å². The molecule has 36 heavy (non-hydrogen) atoms. The lowest BCUT2D eigenvalue weighted by Crippen LogP contribution is -2.50. The van der Waals surface area contributed by atoms with E-state index in [9.17, 15) is 0 Å². The Bertz CT molecular complexity index is 1520. The van der Waals surface area contributed by atoms with Gasteiger partial charge >= 0.3 is 0 Å². The van der Waals surface area contributed by atoms with Crippen molar-refractivity contribution in [2.45, 2.75) is 19.9 Å². The molecule has 5 heterocycles. The number of nitrogens with zero attached hydrogens (tertiary/aromatic N) is 7. The Labute approximate surface area is 214 Å². The molecule has 0 aliphatic carbocycles. The van der Waals surface area contributed by atoms with Gasteiger partial charge in [-0.15, -0.1) is 12.4 Å². The number of piperazine rings is 1. The molecule has 1 atom stereocenters. The van der Waals surface area contributed by atoms with Crippen molar-refractivity contribution in [2.24, 2.45) is 0 Å². The quantitative estimate of drug-likeness (QED) is 0.366. The molecular weight excluding hydrogens is 478 g/mol. The highest BCUT2D eigenvalue weighted by Crippen LogP contribution is 2.31. The molecule has 0 spiro atoms. The van der Waals surface area contributed by atoms with Crippen molar-refractivity contribution >= 4 is 46.3 Å². The second-order valence-corrected chi connectivity index (χ2v) is 8.66. The number of nitrogens with one attached hydrogen (secondary N) is 2. The number of halogens is 1. The van der Waals surface area contributed by atoms with Gasteiger partial charge in [0.15, 0.2) is 5.65 Å². The third kappa shape index (κ3) is 4.60. The summed E-state index contributed by atoms with van der Waals surface area (Å²) in [6, 6.07) is 12.1. The second-order valence-electron chi connectivity index (χ2n) is 8.66. The van der Waals surface area contributed by atoms with Crippen LogP contribution in [0.5, 0.6) is 11.5 Å². The zero-order valence-electron chi connectivity index (χ0n) is 19.9. The number of fused-ring (bicyclic) bond motifs is 2. The number of aryl methyl sites for hydroxylation is 1. The standard InChI is InChI=1S/C25H25N9O.ClH/c1-16-9-18(3-4-22(16)35-19-5-7-34-24(10-19)29-15-31-34)32-25-20-11-23(27-13-21(20)28-14-30-25)33-8-6-26-12-17(33)2;/h3-5,7,9-11,13-15,17,26H,6,8,12H2,1-2H3,(H,28,30,32);1H/t17-;/m0./s1. The molecule has 2 N–H and O–H groups in total. The molecule has 0 amide bonds. The Hall–Kier alpha value is -4.02. The monoisotopic (exact) mass is 503 g/mol. The van der Waals surface area contributed by atoms with Crippen LogP contribution in [0.15, 0.2) is 61.4 Å². The van der Waals surface area contributed by atoms with Crippen LogP contribution in [-0.4, -0.2) is 55.2 Å². The lowest BCUT2D eigenvalue weighted by molar-refractivity contribution is 0.478. The summed E-state index contributed by atoms with van der Waals surface area (Å²) in [4.78, 5) is 20.1. The van der Waals surface area contributed by atoms with E-state index < -0.39 is 0 Å². The minimum atomic E-state index is 0. The number of aromatic nitrogens is 6. The number of pyridine rings is 2. The van der Waals surface area contributed by atoms with Crippen LogP contribution in [0.2, 0.25) is 0 Å². The number of anilines is 3. The lowest BCUT2D eigenvalue weighted by atomic mass is 10.2. The predicted octanol–water partition coefficient (Wildman–Crippen LogP) is 4.13. The summed E-state index contributed by atoms with van der Waals surface area (Å²) in [6.07, 6.45) is 6.73. The van der Waals surface area contributed by atoms with Crippen LogP contribution in [0.1, 0.15) is 12.5 Å². The van der Waals surface area contributed by atoms with Gasteiger partial charge in [0, 0.05) is 49.0 Å². The first-order valence-electron chi connectivity index (χ1n) is 11.6. The molecule has 0 saturated carbocycles. The molecule has 1 fully saturated rings. The molecule has 0 bridgehead atoms. The predicted molar refractivity (Wildman–Crippen MR) is 142 cm³/mol. The minimum absolute atomic E-state index is 0. The normalized spacial score (nSPS) is 15.6. The molecule has 1 aliphatic rings. The van der Waals surface area contributed by atoms with Gasteiger partial charge in [-0.05, 0) is 49.7 Å². The van der Waals surface area contributed by atoms with Gasteiger partial charge in [-0.25, -0.2) is 24.5 Å². The Morgan fingerprint density at radius 3 is 2.83 bits per heavy atom. The van der Waals surface area contributed by atoms with Crippen molar-refractivity contribution < 1.29 is 4.74 Å². The first kappa shape index (κ1) is 23.7. The van der Waals surface area contributed by atoms with Crippen LogP contribution >= 0.6 is 12.4 Å². The van der Waals surface area contributed by atoms with Gasteiger partial charge < -0.3 is 20.3 Å². The van der Waals surface area contributed by atoms with Crippen molar-refractivity contribution in [3.8, 4) is 11.5 Å². The number of benzene rings is 1. The number of hydrogen-bond acceptors (Lipinski definition) is 9. The molecule has 1 saturated heterocycles. The molecule has 184 valence electrons. The van der Waals surface area contributed by atoms with Crippen molar-refractivity contribution in [3.05, 3.63) is 67.0 Å². The first-order valence-corrected chi connectivity index (χ1v) is 11.6. The van der Waals surface area contributed by atoms with Crippen LogP contribution in [0.3, 0.4) is 0 Å². The van der Waals surface area contributed by atoms with Gasteiger partial charge in [0.1, 0.15) is 35.8 Å². The molecule has 4 aromatic heterocycles. The van der Waals surface area contributed by atoms with Gasteiger partial charge in [-0.1, -0.05) is 0 Å². The van der Waals surface area contributed by atoms with Gasteiger partial charge in [0.25, 0.3) is 0 Å². The Balaban J connectivity index is 0.00000267. The average molecular weight is 504 g/mol. The average Bonchev–Trinajstić information content (AvgIpc) is 3.34. The van der Waals surface area contributed by atoms with Crippen LogP contribution in [-0.2, 0) is 0 Å². The summed E-state index contributed by atoms with van der Waals surface area (Å²) in [5, 5.41) is 11.9. The van der Waals surface area contributed by atoms with E-state index in [2.05, 4.69) is 53.6 Å². The summed E-state index contributed by atoms with van der Waals surface area (Å²) in [7, 11) is 0. The SMILES string of the molecule is Cc1cc(Nc2ncnc3cnc(N4CCNC[C@@H]4C)cc23)ccc1Oc1ccn2ncnc2c1.Cl. The van der Waals surface area contributed by atoms with Gasteiger partial charge in [0.05, 0.1) is 11.7 Å². The van der Waals surface area contributed by atoms with E-state index in [1.807, 2.05) is 49.6 Å². The molecule has 6 rings (SSSR count). The fourth-order valence-electron chi connectivity index (χ4n) is 4.35. The van der Waals surface area contributed by atoms with E-state index in [-0.39, 0.29) is 12.4 Å². The van der Waals surface area contributed by atoms with E-state index in [0.29, 0.717) is 11.8 Å². The smallest absolute Gasteiger partial charge is 0.158 e. The topological polar surface area (TPSA) is 105 Å². The summed E-state index contributed by atoms with van der Waals surface area (Å²) in [5.74, 6) is 3.16.